The van der Waals surface area contributed by atoms with E-state index in [0.29, 0.717) is 17.1 Å². The van der Waals surface area contributed by atoms with Crippen LogP contribution >= 0.6 is 11.8 Å². The molecule has 7 heteroatoms. The number of nitrogens with zero attached hydrogens (tertiary/aromatic N) is 4. The minimum absolute atomic E-state index is 0.590. The summed E-state index contributed by atoms with van der Waals surface area (Å²) in [5.74, 6) is 2.06. The Bertz CT molecular complexity index is 588. The van der Waals surface area contributed by atoms with Gasteiger partial charge in [-0.3, -0.25) is 0 Å². The van der Waals surface area contributed by atoms with Crippen molar-refractivity contribution in [1.29, 1.82) is 0 Å². The van der Waals surface area contributed by atoms with Crippen LogP contribution in [0.25, 0.3) is 0 Å². The van der Waals surface area contributed by atoms with Crippen molar-refractivity contribution in [3.63, 3.8) is 0 Å². The number of methoxy groups -OCH3 is 1. The third-order valence-electron chi connectivity index (χ3n) is 2.61. The monoisotopic (exact) mass is 305 g/mol. The fourth-order valence-electron chi connectivity index (χ4n) is 1.58. The van der Waals surface area contributed by atoms with E-state index in [4.69, 9.17) is 4.74 Å². The zero-order valence-corrected chi connectivity index (χ0v) is 13.4. The van der Waals surface area contributed by atoms with Gasteiger partial charge in [0.25, 0.3) is 0 Å². The molecule has 0 unspecified atom stereocenters. The highest BCUT2D eigenvalue weighted by molar-refractivity contribution is 7.99. The lowest BCUT2D eigenvalue weighted by atomic mass is 10.3. The molecule has 1 aromatic heterocycles. The van der Waals surface area contributed by atoms with Crippen LogP contribution in [0.2, 0.25) is 0 Å². The maximum atomic E-state index is 5.15. The maximum Gasteiger partial charge on any atom is 0.230 e. The summed E-state index contributed by atoms with van der Waals surface area (Å²) in [5, 5.41) is 3.79. The molecule has 21 heavy (non-hydrogen) atoms. The van der Waals surface area contributed by atoms with Crippen LogP contribution in [0.5, 0.6) is 5.75 Å². The second-order valence-corrected chi connectivity index (χ2v) is 5.48. The lowest BCUT2D eigenvalue weighted by Crippen LogP contribution is -2.15. The van der Waals surface area contributed by atoms with E-state index in [-0.39, 0.29) is 0 Å². The molecule has 0 amide bonds. The van der Waals surface area contributed by atoms with Gasteiger partial charge in [0.05, 0.1) is 7.11 Å². The second-order valence-electron chi connectivity index (χ2n) is 4.44. The van der Waals surface area contributed by atoms with Gasteiger partial charge in [0, 0.05) is 25.5 Å². The van der Waals surface area contributed by atoms with Crippen molar-refractivity contribution in [3.05, 3.63) is 24.3 Å². The SMILES string of the molecule is CCNc1nc(Sc2ccc(OC)cc2)nc(N(C)C)n1. The van der Waals surface area contributed by atoms with E-state index in [0.717, 1.165) is 17.2 Å². The van der Waals surface area contributed by atoms with E-state index in [2.05, 4.69) is 20.3 Å². The molecule has 112 valence electrons. The van der Waals surface area contributed by atoms with Crippen molar-refractivity contribution in [2.24, 2.45) is 0 Å². The first kappa shape index (κ1) is 15.4. The fraction of sp³-hybridized carbons (Fsp3) is 0.357. The highest BCUT2D eigenvalue weighted by Crippen LogP contribution is 2.27. The van der Waals surface area contributed by atoms with Crippen molar-refractivity contribution in [3.8, 4) is 5.75 Å². The minimum Gasteiger partial charge on any atom is -0.497 e. The minimum atomic E-state index is 0.590. The van der Waals surface area contributed by atoms with Crippen LogP contribution in [-0.2, 0) is 0 Å². The summed E-state index contributed by atoms with van der Waals surface area (Å²) in [5.41, 5.74) is 0. The van der Waals surface area contributed by atoms with E-state index in [9.17, 15) is 0 Å². The molecular weight excluding hydrogens is 286 g/mol. The van der Waals surface area contributed by atoms with E-state index >= 15 is 0 Å². The van der Waals surface area contributed by atoms with Gasteiger partial charge in [0.15, 0.2) is 5.16 Å². The highest BCUT2D eigenvalue weighted by Gasteiger charge is 2.09. The number of anilines is 2. The molecule has 0 spiro atoms. The largest absolute Gasteiger partial charge is 0.497 e. The molecule has 6 nitrogen and oxygen atoms in total. The van der Waals surface area contributed by atoms with Crippen LogP contribution < -0.4 is 15.0 Å². The summed E-state index contributed by atoms with van der Waals surface area (Å²) >= 11 is 1.49. The van der Waals surface area contributed by atoms with Gasteiger partial charge in [-0.05, 0) is 43.0 Å². The first-order valence-corrected chi connectivity index (χ1v) is 7.43. The molecule has 1 N–H and O–H groups in total. The number of hydrogen-bond acceptors (Lipinski definition) is 7. The zero-order valence-electron chi connectivity index (χ0n) is 12.6. The van der Waals surface area contributed by atoms with Gasteiger partial charge in [0.2, 0.25) is 11.9 Å². The van der Waals surface area contributed by atoms with E-state index < -0.39 is 0 Å². The standard InChI is InChI=1S/C14H19N5OS/c1-5-15-12-16-13(19(2)3)18-14(17-12)21-11-8-6-10(20-4)7-9-11/h6-9H,5H2,1-4H3,(H,15,16,17,18). The number of ether oxygens (including phenoxy) is 1. The summed E-state index contributed by atoms with van der Waals surface area (Å²) in [7, 11) is 5.47. The predicted molar refractivity (Wildman–Crippen MR) is 85.4 cm³/mol. The average molecular weight is 305 g/mol. The van der Waals surface area contributed by atoms with Gasteiger partial charge in [-0.15, -0.1) is 0 Å². The van der Waals surface area contributed by atoms with Gasteiger partial charge >= 0.3 is 0 Å². The molecule has 0 saturated carbocycles. The molecule has 0 aliphatic heterocycles. The third kappa shape index (κ3) is 4.22. The van der Waals surface area contributed by atoms with Gasteiger partial charge in [-0.25, -0.2) is 0 Å². The van der Waals surface area contributed by atoms with Crippen LogP contribution in [0.4, 0.5) is 11.9 Å². The Hall–Kier alpha value is -2.02. The fourth-order valence-corrected chi connectivity index (χ4v) is 2.32. The Morgan fingerprint density at radius 1 is 1.14 bits per heavy atom. The molecular formula is C14H19N5OS. The van der Waals surface area contributed by atoms with Crippen molar-refractivity contribution in [1.82, 2.24) is 15.0 Å². The summed E-state index contributed by atoms with van der Waals surface area (Å²) in [6, 6.07) is 7.80. The Morgan fingerprint density at radius 2 is 1.86 bits per heavy atom. The van der Waals surface area contributed by atoms with Crippen molar-refractivity contribution in [2.75, 3.05) is 38.0 Å². The second kappa shape index (κ2) is 7.12. The molecule has 0 radical (unpaired) electrons. The Balaban J connectivity index is 2.24. The summed E-state index contributed by atoms with van der Waals surface area (Å²) in [6.45, 7) is 2.78. The third-order valence-corrected chi connectivity index (χ3v) is 3.48. The molecule has 0 aliphatic rings. The van der Waals surface area contributed by atoms with E-state index in [1.54, 1.807) is 7.11 Å². The topological polar surface area (TPSA) is 63.2 Å². The molecule has 2 rings (SSSR count). The molecule has 1 heterocycles. The number of nitrogens with one attached hydrogen (secondary N) is 1. The molecule has 0 bridgehead atoms. The van der Waals surface area contributed by atoms with Gasteiger partial charge in [0.1, 0.15) is 5.75 Å². The molecule has 0 aliphatic carbocycles. The highest BCUT2D eigenvalue weighted by atomic mass is 32.2. The van der Waals surface area contributed by atoms with E-state index in [1.807, 2.05) is 50.2 Å². The smallest absolute Gasteiger partial charge is 0.230 e. The van der Waals surface area contributed by atoms with Crippen molar-refractivity contribution in [2.45, 2.75) is 17.0 Å². The number of aromatic nitrogens is 3. The molecule has 0 saturated heterocycles. The van der Waals surface area contributed by atoms with Gasteiger partial charge in [-0.2, -0.15) is 15.0 Å². The average Bonchev–Trinajstić information content (AvgIpc) is 2.48. The lowest BCUT2D eigenvalue weighted by molar-refractivity contribution is 0.414. The van der Waals surface area contributed by atoms with E-state index in [1.165, 1.54) is 11.8 Å². The normalized spacial score (nSPS) is 10.3. The number of rotatable bonds is 6. The first-order chi connectivity index (χ1) is 10.1. The van der Waals surface area contributed by atoms with Gasteiger partial charge in [-0.1, -0.05) is 0 Å². The van der Waals surface area contributed by atoms with Gasteiger partial charge < -0.3 is 15.0 Å². The Labute approximate surface area is 129 Å². The summed E-state index contributed by atoms with van der Waals surface area (Å²) < 4.78 is 5.15. The summed E-state index contributed by atoms with van der Waals surface area (Å²) in [4.78, 5) is 16.1. The molecule has 1 aromatic carbocycles. The molecule has 0 atom stereocenters. The van der Waals surface area contributed by atoms with Crippen LogP contribution in [0.15, 0.2) is 34.3 Å². The molecule has 0 fully saturated rings. The van der Waals surface area contributed by atoms with Crippen LogP contribution in [0.1, 0.15) is 6.92 Å². The lowest BCUT2D eigenvalue weighted by Gasteiger charge is -2.12. The van der Waals surface area contributed by atoms with Crippen LogP contribution in [-0.4, -0.2) is 42.7 Å². The van der Waals surface area contributed by atoms with Crippen molar-refractivity contribution < 1.29 is 4.74 Å². The Kier molecular flexibility index (Phi) is 5.21. The predicted octanol–water partition coefficient (Wildman–Crippen LogP) is 2.53. The molecule has 2 aromatic rings. The van der Waals surface area contributed by atoms with Crippen LogP contribution in [0.3, 0.4) is 0 Å². The maximum absolute atomic E-state index is 5.15. The summed E-state index contributed by atoms with van der Waals surface area (Å²) in [6.07, 6.45) is 0. The Morgan fingerprint density at radius 3 is 2.43 bits per heavy atom. The van der Waals surface area contributed by atoms with Crippen molar-refractivity contribution >= 4 is 23.7 Å². The quantitative estimate of drug-likeness (QED) is 0.879. The van der Waals surface area contributed by atoms with Crippen LogP contribution in [0, 0.1) is 0 Å². The number of hydrogen-bond donors (Lipinski definition) is 1. The zero-order chi connectivity index (χ0) is 15.2. The number of benzene rings is 1. The first-order valence-electron chi connectivity index (χ1n) is 6.61.